The van der Waals surface area contributed by atoms with Gasteiger partial charge in [-0.2, -0.15) is 0 Å². The Kier molecular flexibility index (Phi) is 4.12. The normalized spacial score (nSPS) is 11.9. The van der Waals surface area contributed by atoms with E-state index in [1.165, 1.54) is 10.9 Å². The van der Waals surface area contributed by atoms with Gasteiger partial charge in [-0.15, -0.1) is 0 Å². The first-order chi connectivity index (χ1) is 6.99. The third kappa shape index (κ3) is 2.93. The average Bonchev–Trinajstić information content (AvgIpc) is 2.48. The molecular formula is C8H14ClN3O2S. The molecule has 0 aromatic carbocycles. The maximum absolute atomic E-state index is 11.7. The predicted octanol–water partition coefficient (Wildman–Crippen LogP) is 1.15. The van der Waals surface area contributed by atoms with E-state index < -0.39 is 10.0 Å². The van der Waals surface area contributed by atoms with Gasteiger partial charge in [0.15, 0.2) is 0 Å². The summed E-state index contributed by atoms with van der Waals surface area (Å²) in [6.45, 7) is 2.40. The van der Waals surface area contributed by atoms with Gasteiger partial charge in [-0.3, -0.25) is 0 Å². The van der Waals surface area contributed by atoms with Gasteiger partial charge in [0.25, 0.3) is 10.0 Å². The van der Waals surface area contributed by atoms with E-state index in [0.29, 0.717) is 6.54 Å². The number of nitrogens with one attached hydrogen (secondary N) is 1. The molecule has 0 saturated carbocycles. The minimum absolute atomic E-state index is 0.109. The minimum Gasteiger partial charge on any atom is -0.324 e. The molecule has 0 spiro atoms. The van der Waals surface area contributed by atoms with Crippen LogP contribution in [0.3, 0.4) is 0 Å². The van der Waals surface area contributed by atoms with E-state index in [1.807, 2.05) is 6.92 Å². The summed E-state index contributed by atoms with van der Waals surface area (Å²) in [5, 5.41) is 0.0155. The van der Waals surface area contributed by atoms with Gasteiger partial charge in [-0.1, -0.05) is 24.9 Å². The summed E-state index contributed by atoms with van der Waals surface area (Å²) in [7, 11) is -1.92. The molecule has 0 amide bonds. The molecule has 7 heteroatoms. The minimum atomic E-state index is -3.56. The number of rotatable bonds is 5. The van der Waals surface area contributed by atoms with Crippen LogP contribution < -0.4 is 4.72 Å². The van der Waals surface area contributed by atoms with Gasteiger partial charge in [-0.25, -0.2) is 18.1 Å². The molecule has 86 valence electrons. The molecule has 0 aliphatic carbocycles. The van der Waals surface area contributed by atoms with Gasteiger partial charge in [0.05, 0.1) is 6.33 Å². The molecule has 0 aliphatic rings. The monoisotopic (exact) mass is 251 g/mol. The van der Waals surface area contributed by atoms with Crippen molar-refractivity contribution in [2.24, 2.45) is 7.05 Å². The van der Waals surface area contributed by atoms with Gasteiger partial charge in [0.2, 0.25) is 5.03 Å². The molecule has 1 heterocycles. The Labute approximate surface area is 94.5 Å². The first-order valence-corrected chi connectivity index (χ1v) is 6.51. The number of aromatic nitrogens is 2. The molecule has 5 nitrogen and oxygen atoms in total. The Balaban J connectivity index is 2.82. The standard InChI is InChI=1S/C8H14ClN3O2S/c1-3-4-5-11-15(13,14)8-7(9)12(2)6-10-8/h6,11H,3-5H2,1-2H3. The largest absolute Gasteiger partial charge is 0.324 e. The van der Waals surface area contributed by atoms with Crippen LogP contribution in [0, 0.1) is 0 Å². The summed E-state index contributed by atoms with van der Waals surface area (Å²) < 4.78 is 27.2. The van der Waals surface area contributed by atoms with Crippen molar-refractivity contribution < 1.29 is 8.42 Å². The maximum atomic E-state index is 11.7. The smallest absolute Gasteiger partial charge is 0.261 e. The van der Waals surface area contributed by atoms with Crippen molar-refractivity contribution in [2.75, 3.05) is 6.54 Å². The van der Waals surface area contributed by atoms with Gasteiger partial charge >= 0.3 is 0 Å². The molecule has 0 radical (unpaired) electrons. The van der Waals surface area contributed by atoms with Crippen molar-refractivity contribution in [2.45, 2.75) is 24.8 Å². The Hall–Kier alpha value is -0.590. The number of hydrogen-bond acceptors (Lipinski definition) is 3. The lowest BCUT2D eigenvalue weighted by Crippen LogP contribution is -2.25. The van der Waals surface area contributed by atoms with Crippen molar-refractivity contribution in [3.05, 3.63) is 11.5 Å². The number of unbranched alkanes of at least 4 members (excludes halogenated alkanes) is 1. The number of imidazole rings is 1. The van der Waals surface area contributed by atoms with Crippen LogP contribution in [0.1, 0.15) is 19.8 Å². The lowest BCUT2D eigenvalue weighted by molar-refractivity contribution is 0.575. The fourth-order valence-electron chi connectivity index (χ4n) is 1.03. The van der Waals surface area contributed by atoms with Crippen LogP contribution in [0.2, 0.25) is 5.15 Å². The third-order valence-corrected chi connectivity index (χ3v) is 3.86. The zero-order chi connectivity index (χ0) is 11.5. The Morgan fingerprint density at radius 1 is 1.60 bits per heavy atom. The van der Waals surface area contributed by atoms with Crippen LogP contribution in [-0.4, -0.2) is 24.5 Å². The van der Waals surface area contributed by atoms with Crippen molar-refractivity contribution in [1.82, 2.24) is 14.3 Å². The Morgan fingerprint density at radius 3 is 2.73 bits per heavy atom. The average molecular weight is 252 g/mol. The zero-order valence-electron chi connectivity index (χ0n) is 8.70. The van der Waals surface area contributed by atoms with E-state index in [9.17, 15) is 8.42 Å². The van der Waals surface area contributed by atoms with Crippen LogP contribution in [0.5, 0.6) is 0 Å². The third-order valence-electron chi connectivity index (χ3n) is 1.91. The SMILES string of the molecule is CCCCNS(=O)(=O)c1ncn(C)c1Cl. The van der Waals surface area contributed by atoms with Gasteiger partial charge in [-0.05, 0) is 6.42 Å². The molecule has 1 N–H and O–H groups in total. The zero-order valence-corrected chi connectivity index (χ0v) is 10.3. The molecule has 1 rings (SSSR count). The first-order valence-electron chi connectivity index (χ1n) is 4.65. The van der Waals surface area contributed by atoms with Crippen molar-refractivity contribution >= 4 is 21.6 Å². The second-order valence-electron chi connectivity index (χ2n) is 3.20. The first kappa shape index (κ1) is 12.5. The van der Waals surface area contributed by atoms with Crippen LogP contribution in [0.25, 0.3) is 0 Å². The van der Waals surface area contributed by atoms with Crippen molar-refractivity contribution in [3.8, 4) is 0 Å². The maximum Gasteiger partial charge on any atom is 0.261 e. The van der Waals surface area contributed by atoms with E-state index >= 15 is 0 Å². The fourth-order valence-corrected chi connectivity index (χ4v) is 2.52. The summed E-state index contributed by atoms with van der Waals surface area (Å²) in [5.74, 6) is 0. The van der Waals surface area contributed by atoms with E-state index in [1.54, 1.807) is 7.05 Å². The lowest BCUT2D eigenvalue weighted by Gasteiger charge is -2.03. The molecule has 0 bridgehead atoms. The molecule has 0 aliphatic heterocycles. The van der Waals surface area contributed by atoms with Gasteiger partial charge in [0.1, 0.15) is 5.15 Å². The Bertz CT molecular complexity index is 427. The molecular weight excluding hydrogens is 238 g/mol. The number of hydrogen-bond donors (Lipinski definition) is 1. The highest BCUT2D eigenvalue weighted by atomic mass is 35.5. The van der Waals surface area contributed by atoms with Gasteiger partial charge < -0.3 is 4.57 Å². The van der Waals surface area contributed by atoms with Crippen LogP contribution in [0.4, 0.5) is 0 Å². The highest BCUT2D eigenvalue weighted by Gasteiger charge is 2.21. The highest BCUT2D eigenvalue weighted by Crippen LogP contribution is 2.17. The quantitative estimate of drug-likeness (QED) is 0.799. The second kappa shape index (κ2) is 4.96. The lowest BCUT2D eigenvalue weighted by atomic mass is 10.3. The topological polar surface area (TPSA) is 64.0 Å². The Morgan fingerprint density at radius 2 is 2.27 bits per heavy atom. The molecule has 0 unspecified atom stereocenters. The van der Waals surface area contributed by atoms with Crippen LogP contribution in [-0.2, 0) is 17.1 Å². The molecule has 1 aromatic heterocycles. The molecule has 0 atom stereocenters. The summed E-state index contributed by atoms with van der Waals surface area (Å²) in [5.41, 5.74) is 0. The van der Waals surface area contributed by atoms with Crippen molar-refractivity contribution in [1.29, 1.82) is 0 Å². The second-order valence-corrected chi connectivity index (χ2v) is 5.24. The van der Waals surface area contributed by atoms with E-state index in [-0.39, 0.29) is 10.2 Å². The van der Waals surface area contributed by atoms with Crippen LogP contribution >= 0.6 is 11.6 Å². The van der Waals surface area contributed by atoms with E-state index in [4.69, 9.17) is 11.6 Å². The van der Waals surface area contributed by atoms with Gasteiger partial charge in [0, 0.05) is 13.6 Å². The molecule has 1 aromatic rings. The number of sulfonamides is 1. The number of nitrogens with zero attached hydrogens (tertiary/aromatic N) is 2. The van der Waals surface area contributed by atoms with Crippen LogP contribution in [0.15, 0.2) is 11.4 Å². The summed E-state index contributed by atoms with van der Waals surface area (Å²) >= 11 is 5.79. The predicted molar refractivity (Wildman–Crippen MR) is 58.3 cm³/mol. The van der Waals surface area contributed by atoms with E-state index in [0.717, 1.165) is 12.8 Å². The van der Waals surface area contributed by atoms with E-state index in [2.05, 4.69) is 9.71 Å². The van der Waals surface area contributed by atoms with Crippen molar-refractivity contribution in [3.63, 3.8) is 0 Å². The molecule has 0 saturated heterocycles. The number of aryl methyl sites for hydroxylation is 1. The highest BCUT2D eigenvalue weighted by molar-refractivity contribution is 7.89. The molecule has 0 fully saturated rings. The summed E-state index contributed by atoms with van der Waals surface area (Å²) in [6, 6.07) is 0. The number of halogens is 1. The fraction of sp³-hybridized carbons (Fsp3) is 0.625. The summed E-state index contributed by atoms with van der Waals surface area (Å²) in [6.07, 6.45) is 3.10. The summed E-state index contributed by atoms with van der Waals surface area (Å²) in [4.78, 5) is 3.75. The molecule has 15 heavy (non-hydrogen) atoms.